The Morgan fingerprint density at radius 1 is 1.14 bits per heavy atom. The molecule has 11 heteroatoms. The first-order chi connectivity index (χ1) is 17.4. The van der Waals surface area contributed by atoms with Gasteiger partial charge in [-0.3, -0.25) is 4.79 Å². The first kappa shape index (κ1) is 23.2. The van der Waals surface area contributed by atoms with Crippen LogP contribution in [0.1, 0.15) is 34.8 Å². The molecule has 4 aromatic rings. The van der Waals surface area contributed by atoms with Crippen molar-refractivity contribution in [3.63, 3.8) is 0 Å². The average molecular weight is 490 g/mol. The summed E-state index contributed by atoms with van der Waals surface area (Å²) in [4.78, 5) is 33.7. The van der Waals surface area contributed by atoms with E-state index in [1.54, 1.807) is 10.7 Å². The third kappa shape index (κ3) is 4.42. The molecule has 36 heavy (non-hydrogen) atoms. The standard InChI is InChI=1S/C25H24FN7O3/c26-19-6-2-1-5-18(19)24(34)28-12-15-7-9-16(10-8-15)21-20-22(27)29-14-30-23(20)33(31-21)17-4-3-11-32(13-17)25(35)36/h1-2,5-10,14,17H,3-4,11-13H2,(H,28,34)(H,35,36)(H2,27,29,30)/t17-/m1/s1. The highest BCUT2D eigenvalue weighted by molar-refractivity contribution is 5.98. The highest BCUT2D eigenvalue weighted by atomic mass is 19.1. The Morgan fingerprint density at radius 3 is 2.67 bits per heavy atom. The van der Waals surface area contributed by atoms with Gasteiger partial charge in [-0.25, -0.2) is 23.8 Å². The second-order valence-corrected chi connectivity index (χ2v) is 8.63. The fraction of sp³-hybridized carbons (Fsp3) is 0.240. The summed E-state index contributed by atoms with van der Waals surface area (Å²) in [6, 6.07) is 13.0. The fourth-order valence-electron chi connectivity index (χ4n) is 4.48. The molecule has 0 aliphatic carbocycles. The van der Waals surface area contributed by atoms with Gasteiger partial charge in [0, 0.05) is 25.2 Å². The molecule has 0 unspecified atom stereocenters. The number of carboxylic acid groups (broad SMARTS) is 1. The molecule has 3 heterocycles. The van der Waals surface area contributed by atoms with Crippen molar-refractivity contribution in [3.05, 3.63) is 71.8 Å². The number of hydrogen-bond acceptors (Lipinski definition) is 6. The second-order valence-electron chi connectivity index (χ2n) is 8.63. The van der Waals surface area contributed by atoms with Gasteiger partial charge in [-0.15, -0.1) is 0 Å². The minimum Gasteiger partial charge on any atom is -0.465 e. The summed E-state index contributed by atoms with van der Waals surface area (Å²) in [7, 11) is 0. The lowest BCUT2D eigenvalue weighted by Gasteiger charge is -2.30. The van der Waals surface area contributed by atoms with Gasteiger partial charge < -0.3 is 21.1 Å². The van der Waals surface area contributed by atoms with E-state index in [-0.39, 0.29) is 24.0 Å². The Hall–Kier alpha value is -4.54. The maximum atomic E-state index is 13.8. The Morgan fingerprint density at radius 2 is 1.92 bits per heavy atom. The average Bonchev–Trinajstić information content (AvgIpc) is 3.29. The van der Waals surface area contributed by atoms with Crippen molar-refractivity contribution in [2.24, 2.45) is 0 Å². The van der Waals surface area contributed by atoms with E-state index in [0.29, 0.717) is 29.8 Å². The van der Waals surface area contributed by atoms with Gasteiger partial charge in [-0.05, 0) is 30.5 Å². The molecule has 0 spiro atoms. The normalized spacial score (nSPS) is 15.7. The van der Waals surface area contributed by atoms with E-state index in [9.17, 15) is 19.1 Å². The van der Waals surface area contributed by atoms with E-state index in [1.165, 1.54) is 29.4 Å². The van der Waals surface area contributed by atoms with Crippen LogP contribution in [0.15, 0.2) is 54.9 Å². The van der Waals surface area contributed by atoms with Crippen LogP contribution in [-0.2, 0) is 6.54 Å². The van der Waals surface area contributed by atoms with Crippen molar-refractivity contribution in [2.45, 2.75) is 25.4 Å². The molecule has 2 aromatic carbocycles. The number of hydrogen-bond donors (Lipinski definition) is 3. The molecule has 0 bridgehead atoms. The number of fused-ring (bicyclic) bond motifs is 1. The largest absolute Gasteiger partial charge is 0.465 e. The third-order valence-corrected chi connectivity index (χ3v) is 6.33. The van der Waals surface area contributed by atoms with Crippen LogP contribution < -0.4 is 11.1 Å². The van der Waals surface area contributed by atoms with Gasteiger partial charge in [-0.2, -0.15) is 5.10 Å². The van der Waals surface area contributed by atoms with Gasteiger partial charge in [0.25, 0.3) is 5.91 Å². The van der Waals surface area contributed by atoms with Crippen LogP contribution in [0.25, 0.3) is 22.3 Å². The second kappa shape index (κ2) is 9.61. The van der Waals surface area contributed by atoms with E-state index in [4.69, 9.17) is 10.8 Å². The number of carbonyl (C=O) groups is 2. The van der Waals surface area contributed by atoms with E-state index in [1.807, 2.05) is 24.3 Å². The maximum absolute atomic E-state index is 13.8. The molecule has 2 aromatic heterocycles. The van der Waals surface area contributed by atoms with Crippen molar-refractivity contribution >= 4 is 28.9 Å². The number of rotatable bonds is 5. The van der Waals surface area contributed by atoms with Crippen LogP contribution in [0, 0.1) is 5.82 Å². The molecule has 1 aliphatic heterocycles. The highest BCUT2D eigenvalue weighted by Crippen LogP contribution is 2.33. The van der Waals surface area contributed by atoms with Gasteiger partial charge in [0.15, 0.2) is 5.65 Å². The van der Waals surface area contributed by atoms with Crippen LogP contribution in [-0.4, -0.2) is 54.8 Å². The summed E-state index contributed by atoms with van der Waals surface area (Å²) in [6.07, 6.45) is 1.91. The zero-order chi connectivity index (χ0) is 25.2. The Balaban J connectivity index is 1.40. The quantitative estimate of drug-likeness (QED) is 0.390. The number of piperidine rings is 1. The molecular weight excluding hydrogens is 465 g/mol. The predicted octanol–water partition coefficient (Wildman–Crippen LogP) is 3.46. The first-order valence-electron chi connectivity index (χ1n) is 11.5. The van der Waals surface area contributed by atoms with E-state index in [2.05, 4.69) is 15.3 Å². The Kier molecular flexibility index (Phi) is 6.19. The molecule has 1 fully saturated rings. The Labute approximate surface area is 205 Å². The van der Waals surface area contributed by atoms with Crippen molar-refractivity contribution in [1.82, 2.24) is 30.0 Å². The summed E-state index contributed by atoms with van der Waals surface area (Å²) < 4.78 is 15.6. The van der Waals surface area contributed by atoms with Crippen LogP contribution in [0.4, 0.5) is 15.0 Å². The number of carbonyl (C=O) groups excluding carboxylic acids is 1. The van der Waals surface area contributed by atoms with Crippen molar-refractivity contribution < 1.29 is 19.1 Å². The molecule has 10 nitrogen and oxygen atoms in total. The number of nitrogens with one attached hydrogen (secondary N) is 1. The molecular formula is C25H24FN7O3. The smallest absolute Gasteiger partial charge is 0.407 e. The molecule has 5 rings (SSSR count). The summed E-state index contributed by atoms with van der Waals surface area (Å²) in [5, 5.41) is 17.6. The Bertz CT molecular complexity index is 1440. The lowest BCUT2D eigenvalue weighted by atomic mass is 10.1. The monoisotopic (exact) mass is 489 g/mol. The number of anilines is 1. The van der Waals surface area contributed by atoms with Gasteiger partial charge in [-0.1, -0.05) is 36.4 Å². The summed E-state index contributed by atoms with van der Waals surface area (Å²) in [5.74, 6) is -0.778. The molecule has 184 valence electrons. The summed E-state index contributed by atoms with van der Waals surface area (Å²) in [6.45, 7) is 1.03. The number of nitrogens with two attached hydrogens (primary N) is 1. The third-order valence-electron chi connectivity index (χ3n) is 6.33. The number of amides is 2. The lowest BCUT2D eigenvalue weighted by Crippen LogP contribution is -2.40. The minimum atomic E-state index is -0.955. The zero-order valence-electron chi connectivity index (χ0n) is 19.3. The van der Waals surface area contributed by atoms with Gasteiger partial charge >= 0.3 is 6.09 Å². The lowest BCUT2D eigenvalue weighted by molar-refractivity contribution is 0.0946. The molecule has 0 radical (unpaired) electrons. The molecule has 0 saturated carbocycles. The number of aromatic nitrogens is 4. The van der Waals surface area contributed by atoms with E-state index >= 15 is 0 Å². The van der Waals surface area contributed by atoms with Crippen LogP contribution in [0.5, 0.6) is 0 Å². The summed E-state index contributed by atoms with van der Waals surface area (Å²) in [5.41, 5.74) is 8.94. The number of benzene rings is 2. The van der Waals surface area contributed by atoms with Crippen LogP contribution in [0.3, 0.4) is 0 Å². The number of nitrogen functional groups attached to an aromatic ring is 1. The SMILES string of the molecule is Nc1ncnc2c1c(-c1ccc(CNC(=O)c3ccccc3F)cc1)nn2[C@@H]1CCCN(C(=O)O)C1. The number of halogens is 1. The topological polar surface area (TPSA) is 139 Å². The number of nitrogens with zero attached hydrogens (tertiary/aromatic N) is 5. The van der Waals surface area contributed by atoms with Crippen LogP contribution in [0.2, 0.25) is 0 Å². The maximum Gasteiger partial charge on any atom is 0.407 e. The molecule has 1 aliphatic rings. The highest BCUT2D eigenvalue weighted by Gasteiger charge is 2.28. The van der Waals surface area contributed by atoms with Gasteiger partial charge in [0.05, 0.1) is 17.0 Å². The van der Waals surface area contributed by atoms with Gasteiger partial charge in [0.2, 0.25) is 0 Å². The zero-order valence-corrected chi connectivity index (χ0v) is 19.3. The van der Waals surface area contributed by atoms with Crippen molar-refractivity contribution in [3.8, 4) is 11.3 Å². The molecule has 1 saturated heterocycles. The first-order valence-corrected chi connectivity index (χ1v) is 11.5. The van der Waals surface area contributed by atoms with E-state index < -0.39 is 17.8 Å². The van der Waals surface area contributed by atoms with E-state index in [0.717, 1.165) is 24.0 Å². The minimum absolute atomic E-state index is 0.00854. The van der Waals surface area contributed by atoms with Crippen molar-refractivity contribution in [2.75, 3.05) is 18.8 Å². The molecule has 4 N–H and O–H groups in total. The predicted molar refractivity (Wildman–Crippen MR) is 131 cm³/mol. The fourth-order valence-corrected chi connectivity index (χ4v) is 4.48. The molecule has 1 atom stereocenters. The molecule has 2 amide bonds. The van der Waals surface area contributed by atoms with Gasteiger partial charge in [0.1, 0.15) is 23.7 Å². The van der Waals surface area contributed by atoms with Crippen molar-refractivity contribution in [1.29, 1.82) is 0 Å². The number of likely N-dealkylation sites (tertiary alicyclic amines) is 1. The summed E-state index contributed by atoms with van der Waals surface area (Å²) >= 11 is 0. The van der Waals surface area contributed by atoms with Crippen LogP contribution >= 0.6 is 0 Å².